The molecule has 2 rings (SSSR count). The number of anilines is 1. The molecule has 1 aliphatic heterocycles. The van der Waals surface area contributed by atoms with Crippen molar-refractivity contribution in [3.8, 4) is 0 Å². The number of hydrogen-bond acceptors (Lipinski definition) is 4. The lowest BCUT2D eigenvalue weighted by atomic mass is 10.3. The highest BCUT2D eigenvalue weighted by molar-refractivity contribution is 6.31. The molecule has 0 unspecified atom stereocenters. The quantitative estimate of drug-likeness (QED) is 0.875. The molecule has 116 valence electrons. The molecule has 1 aromatic heterocycles. The number of carbonyl (C=O) groups is 1. The summed E-state index contributed by atoms with van der Waals surface area (Å²) in [7, 11) is 1.92. The average Bonchev–Trinajstić information content (AvgIpc) is 2.97. The molecule has 1 aromatic rings. The Labute approximate surface area is 131 Å². The number of halogens is 1. The first-order valence-corrected chi connectivity index (χ1v) is 7.83. The molecule has 6 heteroatoms. The fourth-order valence-corrected chi connectivity index (χ4v) is 2.65. The predicted octanol–water partition coefficient (Wildman–Crippen LogP) is 2.22. The number of rotatable bonds is 6. The Hall–Kier alpha value is -1.33. The Morgan fingerprint density at radius 1 is 1.43 bits per heavy atom. The van der Waals surface area contributed by atoms with Gasteiger partial charge in [0.1, 0.15) is 5.82 Å². The molecule has 0 radical (unpaired) electrons. The fraction of sp³-hybridized carbons (Fsp3) is 0.600. The van der Waals surface area contributed by atoms with Crippen molar-refractivity contribution in [1.29, 1.82) is 0 Å². The molecule has 5 nitrogen and oxygen atoms in total. The summed E-state index contributed by atoms with van der Waals surface area (Å²) in [4.78, 5) is 20.5. The van der Waals surface area contributed by atoms with Crippen molar-refractivity contribution in [1.82, 2.24) is 14.8 Å². The van der Waals surface area contributed by atoms with Crippen LogP contribution in [0.3, 0.4) is 0 Å². The minimum Gasteiger partial charge on any atom is -0.370 e. The maximum Gasteiger partial charge on any atom is 0.236 e. The number of carbonyl (C=O) groups excluding carboxylic acids is 1. The third-order valence-electron chi connectivity index (χ3n) is 3.56. The average molecular weight is 311 g/mol. The normalized spacial score (nSPS) is 14.8. The lowest BCUT2D eigenvalue weighted by Gasteiger charge is -2.21. The Balaban J connectivity index is 1.93. The van der Waals surface area contributed by atoms with Gasteiger partial charge in [0, 0.05) is 26.2 Å². The summed E-state index contributed by atoms with van der Waals surface area (Å²) in [5.41, 5.74) is 0.798. The number of amides is 1. The zero-order valence-corrected chi connectivity index (χ0v) is 13.5. The van der Waals surface area contributed by atoms with Gasteiger partial charge in [0.05, 0.1) is 17.3 Å². The molecular formula is C15H23ClN4O. The van der Waals surface area contributed by atoms with E-state index >= 15 is 0 Å². The number of hydrogen-bond donors (Lipinski definition) is 1. The Bertz CT molecular complexity index is 489. The van der Waals surface area contributed by atoms with Gasteiger partial charge in [-0.2, -0.15) is 0 Å². The van der Waals surface area contributed by atoms with Crippen molar-refractivity contribution in [2.75, 3.05) is 38.5 Å². The molecule has 21 heavy (non-hydrogen) atoms. The van der Waals surface area contributed by atoms with Gasteiger partial charge in [0.2, 0.25) is 5.91 Å². The van der Waals surface area contributed by atoms with Crippen molar-refractivity contribution in [2.24, 2.45) is 0 Å². The van der Waals surface area contributed by atoms with Crippen molar-refractivity contribution in [3.05, 3.63) is 22.8 Å². The molecule has 0 aromatic carbocycles. The van der Waals surface area contributed by atoms with E-state index in [1.54, 1.807) is 0 Å². The van der Waals surface area contributed by atoms with E-state index in [2.05, 4.69) is 10.3 Å². The van der Waals surface area contributed by atoms with Crippen LogP contribution >= 0.6 is 11.6 Å². The first kappa shape index (κ1) is 16.0. The number of pyridine rings is 1. The van der Waals surface area contributed by atoms with Crippen LogP contribution in [-0.2, 0) is 11.3 Å². The zero-order chi connectivity index (χ0) is 15.2. The van der Waals surface area contributed by atoms with Gasteiger partial charge in [-0.05, 0) is 38.9 Å². The van der Waals surface area contributed by atoms with Gasteiger partial charge in [0.25, 0.3) is 0 Å². The molecule has 1 fully saturated rings. The molecule has 0 atom stereocenters. The highest BCUT2D eigenvalue weighted by Crippen LogP contribution is 2.18. The topological polar surface area (TPSA) is 48.5 Å². The van der Waals surface area contributed by atoms with Gasteiger partial charge in [-0.15, -0.1) is 0 Å². The standard InChI is InChI=1S/C15H23ClN4O/c1-3-17-14-7-6-12(16)13(18-14)10-19(2)11-15(21)20-8-4-5-9-20/h6-7H,3-5,8-11H2,1-2H3,(H,17,18). The summed E-state index contributed by atoms with van der Waals surface area (Å²) in [6.45, 7) is 5.60. The molecule has 1 aliphatic rings. The number of aromatic nitrogens is 1. The van der Waals surface area contributed by atoms with Crippen LogP contribution in [0.1, 0.15) is 25.5 Å². The van der Waals surface area contributed by atoms with Gasteiger partial charge in [-0.3, -0.25) is 9.69 Å². The summed E-state index contributed by atoms with van der Waals surface area (Å²) in [5.74, 6) is 1.00. The molecule has 1 saturated heterocycles. The Morgan fingerprint density at radius 2 is 2.14 bits per heavy atom. The van der Waals surface area contributed by atoms with Gasteiger partial charge >= 0.3 is 0 Å². The van der Waals surface area contributed by atoms with E-state index in [0.717, 1.165) is 44.0 Å². The fourth-order valence-electron chi connectivity index (χ4n) is 2.48. The van der Waals surface area contributed by atoms with Crippen LogP contribution in [0.5, 0.6) is 0 Å². The second-order valence-corrected chi connectivity index (χ2v) is 5.82. The van der Waals surface area contributed by atoms with Gasteiger partial charge in [-0.25, -0.2) is 4.98 Å². The number of nitrogens with one attached hydrogen (secondary N) is 1. The molecule has 1 amide bonds. The first-order valence-electron chi connectivity index (χ1n) is 7.45. The molecule has 0 spiro atoms. The summed E-state index contributed by atoms with van der Waals surface area (Å²) in [6.07, 6.45) is 2.24. The van der Waals surface area contributed by atoms with Gasteiger partial charge < -0.3 is 10.2 Å². The first-order chi connectivity index (χ1) is 10.1. The SMILES string of the molecule is CCNc1ccc(Cl)c(CN(C)CC(=O)N2CCCC2)n1. The number of likely N-dealkylation sites (tertiary alicyclic amines) is 1. The molecule has 0 aliphatic carbocycles. The minimum atomic E-state index is 0.189. The Morgan fingerprint density at radius 3 is 2.81 bits per heavy atom. The van der Waals surface area contributed by atoms with Crippen LogP contribution in [-0.4, -0.2) is 53.9 Å². The predicted molar refractivity (Wildman–Crippen MR) is 85.6 cm³/mol. The molecule has 1 N–H and O–H groups in total. The largest absolute Gasteiger partial charge is 0.370 e. The monoisotopic (exact) mass is 310 g/mol. The summed E-state index contributed by atoms with van der Waals surface area (Å²) in [6, 6.07) is 3.71. The van der Waals surface area contributed by atoms with E-state index in [-0.39, 0.29) is 5.91 Å². The van der Waals surface area contributed by atoms with Crippen molar-refractivity contribution in [3.63, 3.8) is 0 Å². The summed E-state index contributed by atoms with van der Waals surface area (Å²) < 4.78 is 0. The second-order valence-electron chi connectivity index (χ2n) is 5.42. The van der Waals surface area contributed by atoms with E-state index in [0.29, 0.717) is 18.1 Å². The maximum absolute atomic E-state index is 12.1. The smallest absolute Gasteiger partial charge is 0.236 e. The molecular weight excluding hydrogens is 288 g/mol. The van der Waals surface area contributed by atoms with E-state index in [1.165, 1.54) is 0 Å². The Kier molecular flexibility index (Phi) is 5.82. The van der Waals surface area contributed by atoms with E-state index < -0.39 is 0 Å². The summed E-state index contributed by atoms with van der Waals surface area (Å²) in [5, 5.41) is 3.81. The minimum absolute atomic E-state index is 0.189. The van der Waals surface area contributed by atoms with Gasteiger partial charge in [0.15, 0.2) is 0 Å². The highest BCUT2D eigenvalue weighted by Gasteiger charge is 2.19. The lowest BCUT2D eigenvalue weighted by Crippen LogP contribution is -2.37. The second kappa shape index (κ2) is 7.61. The van der Waals surface area contributed by atoms with Crippen LogP contribution in [0.2, 0.25) is 5.02 Å². The van der Waals surface area contributed by atoms with Crippen molar-refractivity contribution in [2.45, 2.75) is 26.3 Å². The maximum atomic E-state index is 12.1. The molecule has 0 bridgehead atoms. The van der Waals surface area contributed by atoms with Crippen LogP contribution in [0, 0.1) is 0 Å². The van der Waals surface area contributed by atoms with Crippen LogP contribution in [0.15, 0.2) is 12.1 Å². The lowest BCUT2D eigenvalue weighted by molar-refractivity contribution is -0.131. The van der Waals surface area contributed by atoms with E-state index in [4.69, 9.17) is 11.6 Å². The molecule has 0 saturated carbocycles. The van der Waals surface area contributed by atoms with Crippen LogP contribution < -0.4 is 5.32 Å². The van der Waals surface area contributed by atoms with Crippen LogP contribution in [0.25, 0.3) is 0 Å². The van der Waals surface area contributed by atoms with Crippen molar-refractivity contribution < 1.29 is 4.79 Å². The third kappa shape index (κ3) is 4.58. The number of nitrogens with zero attached hydrogens (tertiary/aromatic N) is 3. The number of likely N-dealkylation sites (N-methyl/N-ethyl adjacent to an activating group) is 1. The highest BCUT2D eigenvalue weighted by atomic mass is 35.5. The third-order valence-corrected chi connectivity index (χ3v) is 3.90. The van der Waals surface area contributed by atoms with Crippen molar-refractivity contribution >= 4 is 23.3 Å². The summed E-state index contributed by atoms with van der Waals surface area (Å²) >= 11 is 6.19. The van der Waals surface area contributed by atoms with Gasteiger partial charge in [-0.1, -0.05) is 11.6 Å². The zero-order valence-electron chi connectivity index (χ0n) is 12.7. The van der Waals surface area contributed by atoms with E-state index in [1.807, 2.05) is 35.9 Å². The van der Waals surface area contributed by atoms with E-state index in [9.17, 15) is 4.79 Å². The molecule has 2 heterocycles. The van der Waals surface area contributed by atoms with Crippen LogP contribution in [0.4, 0.5) is 5.82 Å².